The molecule has 1 rings (SSSR count). The molecule has 0 saturated carbocycles. The fourth-order valence-corrected chi connectivity index (χ4v) is 1.50. The molecule has 5 nitrogen and oxygen atoms in total. The van der Waals surface area contributed by atoms with E-state index in [2.05, 4.69) is 0 Å². The van der Waals surface area contributed by atoms with E-state index in [1.807, 2.05) is 0 Å². The highest BCUT2D eigenvalue weighted by Crippen LogP contribution is 2.44. The molecule has 1 unspecified atom stereocenters. The van der Waals surface area contributed by atoms with Gasteiger partial charge in [0, 0.05) is 0 Å². The third-order valence-corrected chi connectivity index (χ3v) is 3.05. The molecule has 4 atom stereocenters. The van der Waals surface area contributed by atoms with Gasteiger partial charge in [-0.25, -0.2) is 0 Å². The maximum absolute atomic E-state index is 9.82. The number of aliphatic hydroxyl groups is 4. The molecule has 0 aromatic heterocycles. The van der Waals surface area contributed by atoms with Crippen LogP contribution in [-0.4, -0.2) is 50.1 Å². The van der Waals surface area contributed by atoms with Crippen molar-refractivity contribution in [2.75, 3.05) is 6.61 Å². The summed E-state index contributed by atoms with van der Waals surface area (Å²) in [6.45, 7) is 3.37. The summed E-state index contributed by atoms with van der Waals surface area (Å²) in [6.07, 6.45) is -0.988. The number of aliphatic hydroxyl groups excluding tert-OH is 1. The number of ether oxygens (including phenoxy) is 1. The van der Waals surface area contributed by atoms with Crippen LogP contribution >= 0.6 is 0 Å². The van der Waals surface area contributed by atoms with E-state index in [4.69, 9.17) is 9.84 Å². The first-order valence-corrected chi connectivity index (χ1v) is 4.12. The summed E-state index contributed by atoms with van der Waals surface area (Å²) in [7, 11) is 0. The molecule has 0 aromatic carbocycles. The van der Waals surface area contributed by atoms with Crippen molar-refractivity contribution < 1.29 is 25.2 Å². The van der Waals surface area contributed by atoms with Crippen molar-refractivity contribution in [2.24, 2.45) is 0 Å². The second-order valence-electron chi connectivity index (χ2n) is 3.99. The maximum atomic E-state index is 9.82. The summed E-state index contributed by atoms with van der Waals surface area (Å²) < 4.78 is 4.93. The van der Waals surface area contributed by atoms with Gasteiger partial charge in [0.15, 0.2) is 5.79 Å². The summed E-state index contributed by atoms with van der Waals surface area (Å²) in [6, 6.07) is 0. The SMILES string of the molecule is CC1(O)O[C@H](CO)[C@@](C)(O)[C@@]1(C)O. The van der Waals surface area contributed by atoms with Crippen molar-refractivity contribution >= 4 is 0 Å². The first kappa shape index (κ1) is 10.9. The number of hydrogen-bond acceptors (Lipinski definition) is 5. The van der Waals surface area contributed by atoms with Crippen LogP contribution in [0.25, 0.3) is 0 Å². The first-order valence-electron chi connectivity index (χ1n) is 4.12. The number of hydrogen-bond donors (Lipinski definition) is 4. The van der Waals surface area contributed by atoms with Gasteiger partial charge in [-0.2, -0.15) is 0 Å². The summed E-state index contributed by atoms with van der Waals surface area (Å²) in [4.78, 5) is 0. The lowest BCUT2D eigenvalue weighted by Crippen LogP contribution is -2.59. The average Bonchev–Trinajstić information content (AvgIpc) is 2.08. The van der Waals surface area contributed by atoms with E-state index in [1.54, 1.807) is 0 Å². The highest BCUT2D eigenvalue weighted by molar-refractivity contribution is 5.11. The quantitative estimate of drug-likeness (QED) is 0.410. The molecule has 5 heteroatoms. The van der Waals surface area contributed by atoms with Gasteiger partial charge < -0.3 is 25.2 Å². The van der Waals surface area contributed by atoms with Crippen molar-refractivity contribution in [1.82, 2.24) is 0 Å². The topological polar surface area (TPSA) is 90.2 Å². The van der Waals surface area contributed by atoms with E-state index in [-0.39, 0.29) is 0 Å². The second-order valence-corrected chi connectivity index (χ2v) is 3.99. The lowest BCUT2D eigenvalue weighted by Gasteiger charge is -2.37. The summed E-state index contributed by atoms with van der Waals surface area (Å²) >= 11 is 0. The summed E-state index contributed by atoms with van der Waals surface area (Å²) in [5.74, 6) is -1.86. The molecule has 78 valence electrons. The highest BCUT2D eigenvalue weighted by atomic mass is 16.7. The van der Waals surface area contributed by atoms with Gasteiger partial charge in [0.2, 0.25) is 0 Å². The van der Waals surface area contributed by atoms with Crippen LogP contribution in [0.15, 0.2) is 0 Å². The normalized spacial score (nSPS) is 57.0. The Bertz CT molecular complexity index is 209. The van der Waals surface area contributed by atoms with Gasteiger partial charge in [0.05, 0.1) is 6.61 Å². The van der Waals surface area contributed by atoms with Gasteiger partial charge in [-0.1, -0.05) is 0 Å². The standard InChI is InChI=1S/C8H16O5/c1-6(10)5(4-9)13-8(3,12)7(6,2)11/h5,9-12H,4H2,1-3H3/t5-,6-,7-,8?/m1/s1. The molecule has 1 aliphatic rings. The third kappa shape index (κ3) is 1.19. The molecule has 1 heterocycles. The Balaban J connectivity index is 3.08. The Labute approximate surface area is 76.6 Å². The fraction of sp³-hybridized carbons (Fsp3) is 1.00. The lowest BCUT2D eigenvalue weighted by molar-refractivity contribution is -0.255. The molecule has 0 amide bonds. The summed E-state index contributed by atoms with van der Waals surface area (Å²) in [5, 5.41) is 38.1. The molecule has 0 radical (unpaired) electrons. The largest absolute Gasteiger partial charge is 0.394 e. The van der Waals surface area contributed by atoms with E-state index in [9.17, 15) is 15.3 Å². The minimum Gasteiger partial charge on any atom is -0.394 e. The van der Waals surface area contributed by atoms with Crippen molar-refractivity contribution in [3.8, 4) is 0 Å². The highest BCUT2D eigenvalue weighted by Gasteiger charge is 2.66. The van der Waals surface area contributed by atoms with E-state index in [0.717, 1.165) is 0 Å². The van der Waals surface area contributed by atoms with E-state index < -0.39 is 29.7 Å². The summed E-state index contributed by atoms with van der Waals surface area (Å²) in [5.41, 5.74) is -3.49. The van der Waals surface area contributed by atoms with Gasteiger partial charge in [-0.15, -0.1) is 0 Å². The van der Waals surface area contributed by atoms with Crippen LogP contribution in [-0.2, 0) is 4.74 Å². The predicted molar refractivity (Wildman–Crippen MR) is 43.8 cm³/mol. The Morgan fingerprint density at radius 2 is 1.62 bits per heavy atom. The molecule has 4 N–H and O–H groups in total. The molecule has 1 saturated heterocycles. The van der Waals surface area contributed by atoms with Crippen molar-refractivity contribution in [1.29, 1.82) is 0 Å². The van der Waals surface area contributed by atoms with E-state index >= 15 is 0 Å². The molecular formula is C8H16O5. The lowest BCUT2D eigenvalue weighted by atomic mass is 9.80. The van der Waals surface area contributed by atoms with Crippen LogP contribution in [0.4, 0.5) is 0 Å². The van der Waals surface area contributed by atoms with Crippen LogP contribution in [0.5, 0.6) is 0 Å². The van der Waals surface area contributed by atoms with Crippen molar-refractivity contribution in [3.05, 3.63) is 0 Å². The van der Waals surface area contributed by atoms with Crippen molar-refractivity contribution in [3.63, 3.8) is 0 Å². The molecular weight excluding hydrogens is 176 g/mol. The van der Waals surface area contributed by atoms with Crippen LogP contribution in [0, 0.1) is 0 Å². The zero-order chi connectivity index (χ0) is 10.5. The molecule has 0 aromatic rings. The van der Waals surface area contributed by atoms with Crippen LogP contribution in [0.1, 0.15) is 20.8 Å². The molecule has 0 aliphatic carbocycles. The zero-order valence-electron chi connectivity index (χ0n) is 7.98. The molecule has 0 spiro atoms. The third-order valence-electron chi connectivity index (χ3n) is 3.05. The van der Waals surface area contributed by atoms with Crippen LogP contribution in [0.3, 0.4) is 0 Å². The van der Waals surface area contributed by atoms with E-state index in [0.29, 0.717) is 0 Å². The monoisotopic (exact) mass is 192 g/mol. The Kier molecular flexibility index (Phi) is 2.22. The number of rotatable bonds is 1. The molecule has 1 aliphatic heterocycles. The first-order chi connectivity index (χ1) is 5.67. The van der Waals surface area contributed by atoms with Gasteiger partial charge >= 0.3 is 0 Å². The van der Waals surface area contributed by atoms with Crippen molar-refractivity contribution in [2.45, 2.75) is 43.9 Å². The van der Waals surface area contributed by atoms with Gasteiger partial charge in [0.1, 0.15) is 17.3 Å². The molecule has 13 heavy (non-hydrogen) atoms. The van der Waals surface area contributed by atoms with Gasteiger partial charge in [-0.05, 0) is 20.8 Å². The van der Waals surface area contributed by atoms with Crippen LogP contribution in [0.2, 0.25) is 0 Å². The fourth-order valence-electron chi connectivity index (χ4n) is 1.50. The zero-order valence-corrected chi connectivity index (χ0v) is 7.98. The minimum atomic E-state index is -1.86. The molecule has 0 bridgehead atoms. The van der Waals surface area contributed by atoms with E-state index in [1.165, 1.54) is 20.8 Å². The predicted octanol–water partition coefficient (Wildman–Crippen LogP) is -1.41. The second kappa shape index (κ2) is 2.65. The maximum Gasteiger partial charge on any atom is 0.195 e. The Morgan fingerprint density at radius 1 is 1.15 bits per heavy atom. The average molecular weight is 192 g/mol. The Morgan fingerprint density at radius 3 is 1.77 bits per heavy atom. The molecule has 1 fully saturated rings. The van der Waals surface area contributed by atoms with Gasteiger partial charge in [0.25, 0.3) is 0 Å². The Hall–Kier alpha value is -0.200. The van der Waals surface area contributed by atoms with Gasteiger partial charge in [-0.3, -0.25) is 0 Å². The van der Waals surface area contributed by atoms with Crippen LogP contribution < -0.4 is 0 Å². The minimum absolute atomic E-state index is 0.459. The smallest absolute Gasteiger partial charge is 0.195 e.